The molecule has 2 N–H and O–H groups in total. The lowest BCUT2D eigenvalue weighted by molar-refractivity contribution is 0.425. The van der Waals surface area contributed by atoms with E-state index in [0.29, 0.717) is 16.1 Å². The average molecular weight is 1330 g/mol. The van der Waals surface area contributed by atoms with Crippen LogP contribution in [0.1, 0.15) is 0 Å². The Morgan fingerprint density at radius 3 is 0.892 bits per heavy atom. The molecule has 12 heteroatoms. The zero-order valence-corrected chi connectivity index (χ0v) is 55.3. The van der Waals surface area contributed by atoms with Gasteiger partial charge < -0.3 is 37.2 Å². The second-order valence-electron chi connectivity index (χ2n) is 25.9. The van der Waals surface area contributed by atoms with Crippen molar-refractivity contribution in [2.75, 3.05) is 0 Å². The molecular formula is C90H56BClN6O4. The van der Waals surface area contributed by atoms with Gasteiger partial charge in [0.05, 0.1) is 60.2 Å². The summed E-state index contributed by atoms with van der Waals surface area (Å²) < 4.78 is 21.7. The van der Waals surface area contributed by atoms with Crippen LogP contribution in [-0.4, -0.2) is 45.4 Å². The predicted molar refractivity (Wildman–Crippen MR) is 422 cm³/mol. The van der Waals surface area contributed by atoms with Crippen LogP contribution in [-0.2, 0) is 0 Å². The van der Waals surface area contributed by atoms with Gasteiger partial charge in [-0.15, -0.1) is 0 Å². The summed E-state index contributed by atoms with van der Waals surface area (Å²) in [6.07, 6.45) is 0. The zero-order chi connectivity index (χ0) is 67.7. The average Bonchev–Trinajstić information content (AvgIpc) is 1.58. The second-order valence-corrected chi connectivity index (χ2v) is 26.3. The molecular weight excluding hydrogens is 1280 g/mol. The molecule has 0 radical (unpaired) electrons. The molecule has 14 aromatic carbocycles. The van der Waals surface area contributed by atoms with Gasteiger partial charge in [-0.05, 0) is 132 Å². The summed E-state index contributed by atoms with van der Waals surface area (Å²) in [6, 6.07) is 113. The van der Waals surface area contributed by atoms with Crippen LogP contribution in [0.2, 0.25) is 5.02 Å². The van der Waals surface area contributed by atoms with Crippen LogP contribution >= 0.6 is 11.6 Å². The van der Waals surface area contributed by atoms with Gasteiger partial charge >= 0.3 is 7.12 Å². The zero-order valence-electron chi connectivity index (χ0n) is 54.5. The van der Waals surface area contributed by atoms with Crippen molar-refractivity contribution < 1.29 is 18.9 Å². The van der Waals surface area contributed by atoms with Gasteiger partial charge in [-0.2, -0.15) is 0 Å². The molecule has 22 aromatic rings. The summed E-state index contributed by atoms with van der Waals surface area (Å²) in [7, 11) is -1.59. The first-order chi connectivity index (χ1) is 50.4. The van der Waals surface area contributed by atoms with Gasteiger partial charge in [-0.3, -0.25) is 0 Å². The SMILES string of the molecule is Clc1c2ccccc2nc2c1oc1ccccc12.OB(O)c1cc(-n2c3ccccc3c3ccccc32)cc(-n2c3ccccc3c3ccccc32)c1.c1ccc2c(-c3cc(-n4c5ccccc5c5ccccc54)cc(-n4c5ccccc5c5ccccc54)c3)c3oc4ccccc4c3nc2c1. The maximum atomic E-state index is 10.3. The monoisotopic (exact) mass is 1330 g/mol. The summed E-state index contributed by atoms with van der Waals surface area (Å²) in [5.74, 6) is 0. The van der Waals surface area contributed by atoms with Crippen LogP contribution in [0.25, 0.3) is 187 Å². The van der Waals surface area contributed by atoms with E-state index in [0.717, 1.165) is 138 Å². The molecule has 22 rings (SSSR count). The molecule has 0 spiro atoms. The molecule has 0 aliphatic carbocycles. The Labute approximate surface area is 587 Å². The first kappa shape index (κ1) is 59.1. The maximum absolute atomic E-state index is 10.3. The number of para-hydroxylation sites is 12. The highest BCUT2D eigenvalue weighted by atomic mass is 35.5. The number of furan rings is 2. The van der Waals surface area contributed by atoms with Gasteiger partial charge in [0.15, 0.2) is 11.2 Å². The second kappa shape index (κ2) is 23.6. The van der Waals surface area contributed by atoms with Crippen LogP contribution < -0.4 is 5.46 Å². The molecule has 0 aliphatic heterocycles. The number of benzene rings is 14. The molecule has 0 atom stereocenters. The highest BCUT2D eigenvalue weighted by Gasteiger charge is 2.25. The van der Waals surface area contributed by atoms with Crippen molar-refractivity contribution in [3.8, 4) is 33.9 Å². The van der Waals surface area contributed by atoms with E-state index in [2.05, 4.69) is 254 Å². The summed E-state index contributed by atoms with van der Waals surface area (Å²) in [5, 5.41) is 34.7. The van der Waals surface area contributed by atoms with Crippen molar-refractivity contribution in [1.29, 1.82) is 0 Å². The van der Waals surface area contributed by atoms with E-state index in [1.165, 1.54) is 43.6 Å². The number of pyridine rings is 2. The third-order valence-corrected chi connectivity index (χ3v) is 20.5. The molecule has 0 fully saturated rings. The lowest BCUT2D eigenvalue weighted by atomic mass is 9.80. The van der Waals surface area contributed by atoms with Crippen molar-refractivity contribution in [3.63, 3.8) is 0 Å². The number of hydrogen-bond acceptors (Lipinski definition) is 6. The highest BCUT2D eigenvalue weighted by molar-refractivity contribution is 6.58. The van der Waals surface area contributed by atoms with Crippen LogP contribution in [0.3, 0.4) is 0 Å². The van der Waals surface area contributed by atoms with E-state index in [1.54, 1.807) is 0 Å². The molecule has 0 bridgehead atoms. The Morgan fingerprint density at radius 2 is 0.539 bits per heavy atom. The van der Waals surface area contributed by atoms with Crippen molar-refractivity contribution in [2.45, 2.75) is 0 Å². The molecule has 0 saturated carbocycles. The van der Waals surface area contributed by atoms with Gasteiger partial charge in [-0.25, -0.2) is 9.97 Å². The fourth-order valence-corrected chi connectivity index (χ4v) is 16.0. The van der Waals surface area contributed by atoms with E-state index in [1.807, 2.05) is 97.1 Å². The molecule has 10 nitrogen and oxygen atoms in total. The minimum Gasteiger partial charge on any atom is -0.454 e. The van der Waals surface area contributed by atoms with Crippen LogP contribution in [0.15, 0.2) is 336 Å². The lowest BCUT2D eigenvalue weighted by Crippen LogP contribution is -2.30. The Kier molecular flexibility index (Phi) is 13.7. The summed E-state index contributed by atoms with van der Waals surface area (Å²) in [6.45, 7) is 0. The Morgan fingerprint density at radius 1 is 0.275 bits per heavy atom. The smallest absolute Gasteiger partial charge is 0.454 e. The van der Waals surface area contributed by atoms with Gasteiger partial charge in [0.1, 0.15) is 22.2 Å². The van der Waals surface area contributed by atoms with Crippen molar-refractivity contribution in [3.05, 3.63) is 333 Å². The standard InChI is InChI=1S/C45H27N3O.C30H21BN2O2.C15H8ClNO/c1-7-19-37-35(17-1)43(45-44(46-37)36-18-6-12-24-42(36)49-45)28-25-29(47-38-20-8-2-13-31(38)32-14-3-9-21-39(32)47)27-30(26-28)48-40-22-10-4-15-33(40)34-16-5-11-23-41(34)48;34-31(35)20-17-21(32-27-13-5-1-9-23(27)24-10-2-6-14-28(24)32)19-22(18-20)33-29-15-7-3-11-25(29)26-12-4-8-16-30(26)33;16-13-9-5-1-3-7-11(9)17-14-10-6-2-4-8-12(10)18-15(13)14/h1-27H;1-19,34-35H;1-8H. The van der Waals surface area contributed by atoms with Crippen molar-refractivity contribution in [1.82, 2.24) is 28.2 Å². The fourth-order valence-electron chi connectivity index (χ4n) is 15.7. The number of fused-ring (bicyclic) bond motifs is 20. The topological polar surface area (TPSA) is 112 Å². The minimum absolute atomic E-state index is 0.446. The third kappa shape index (κ3) is 9.30. The van der Waals surface area contributed by atoms with Gasteiger partial charge in [0.2, 0.25) is 0 Å². The molecule has 8 aromatic heterocycles. The third-order valence-electron chi connectivity index (χ3n) is 20.1. The first-order valence-electron chi connectivity index (χ1n) is 34.0. The highest BCUT2D eigenvalue weighted by Crippen LogP contribution is 2.45. The Balaban J connectivity index is 0.000000114. The normalized spacial score (nSPS) is 11.9. The lowest BCUT2D eigenvalue weighted by Gasteiger charge is -2.17. The van der Waals surface area contributed by atoms with Crippen molar-refractivity contribution >= 4 is 177 Å². The van der Waals surface area contributed by atoms with Gasteiger partial charge in [-0.1, -0.05) is 218 Å². The molecule has 480 valence electrons. The van der Waals surface area contributed by atoms with Crippen molar-refractivity contribution in [2.24, 2.45) is 0 Å². The van der Waals surface area contributed by atoms with E-state index < -0.39 is 7.12 Å². The maximum Gasteiger partial charge on any atom is 0.488 e. The van der Waals surface area contributed by atoms with Crippen LogP contribution in [0.5, 0.6) is 0 Å². The molecule has 8 heterocycles. The molecule has 0 amide bonds. The number of halogens is 1. The molecule has 102 heavy (non-hydrogen) atoms. The van der Waals surface area contributed by atoms with Crippen LogP contribution in [0.4, 0.5) is 0 Å². The Bertz CT molecular complexity index is 6700. The van der Waals surface area contributed by atoms with Gasteiger partial charge in [0.25, 0.3) is 0 Å². The van der Waals surface area contributed by atoms with E-state index in [4.69, 9.17) is 25.4 Å². The largest absolute Gasteiger partial charge is 0.488 e. The van der Waals surface area contributed by atoms with Gasteiger partial charge in [0, 0.05) is 92.9 Å². The number of rotatable bonds is 6. The molecule has 0 saturated heterocycles. The summed E-state index contributed by atoms with van der Waals surface area (Å²) >= 11 is 6.41. The summed E-state index contributed by atoms with van der Waals surface area (Å²) in [5.41, 5.74) is 22.1. The Hall–Kier alpha value is -13.0. The molecule has 0 aliphatic rings. The minimum atomic E-state index is -1.59. The quantitative estimate of drug-likeness (QED) is 0.160. The molecule has 0 unspecified atom stereocenters. The number of nitrogens with zero attached hydrogens (tertiary/aromatic N) is 6. The van der Waals surface area contributed by atoms with E-state index in [9.17, 15) is 10.0 Å². The van der Waals surface area contributed by atoms with E-state index >= 15 is 0 Å². The number of aromatic nitrogens is 6. The first-order valence-corrected chi connectivity index (χ1v) is 34.4. The summed E-state index contributed by atoms with van der Waals surface area (Å²) in [4.78, 5) is 9.80. The predicted octanol–water partition coefficient (Wildman–Crippen LogP) is 22.3. The van der Waals surface area contributed by atoms with E-state index in [-0.39, 0.29) is 0 Å². The van der Waals surface area contributed by atoms with Crippen LogP contribution in [0, 0.1) is 0 Å². The number of hydrogen-bond donors (Lipinski definition) is 2. The fraction of sp³-hybridized carbons (Fsp3) is 0.